The van der Waals surface area contributed by atoms with Crippen LogP contribution in [0.4, 0.5) is 11.6 Å². The topological polar surface area (TPSA) is 127 Å². The molecule has 11 heteroatoms. The van der Waals surface area contributed by atoms with E-state index < -0.39 is 6.10 Å². The molecule has 40 heavy (non-hydrogen) atoms. The number of fused-ring (bicyclic) bond motifs is 1. The van der Waals surface area contributed by atoms with Crippen molar-refractivity contribution in [2.75, 3.05) is 18.4 Å². The number of hydrogen-bond acceptors (Lipinski definition) is 9. The van der Waals surface area contributed by atoms with E-state index in [2.05, 4.69) is 48.8 Å². The predicted molar refractivity (Wildman–Crippen MR) is 152 cm³/mol. The average Bonchev–Trinajstić information content (AvgIpc) is 3.52. The van der Waals surface area contributed by atoms with E-state index in [1.54, 1.807) is 34.9 Å². The Hall–Kier alpha value is -3.96. The van der Waals surface area contributed by atoms with Gasteiger partial charge in [-0.2, -0.15) is 5.10 Å². The second-order valence-corrected chi connectivity index (χ2v) is 11.6. The summed E-state index contributed by atoms with van der Waals surface area (Å²) in [6.45, 7) is 9.93. The lowest BCUT2D eigenvalue weighted by molar-refractivity contribution is 0.0961. The van der Waals surface area contributed by atoms with Crippen LogP contribution in [0.2, 0.25) is 0 Å². The van der Waals surface area contributed by atoms with Crippen molar-refractivity contribution in [3.05, 3.63) is 65.9 Å². The molecule has 0 unspecified atom stereocenters. The standard InChI is InChI=1S/C29H37N9O2/c1-19(39)15-37-11-9-20(13-27(40)26-18-38(35-34-26)29(2,3)4)24-7-6-21(12-22(24)16-37)25-8-10-30-28(33-25)32-23-14-31-36(5)17-23/h6-8,10,12,14,17-20,39H,9,11,13,15-16H2,1-5H3,(H,30,32,33)/t19-,20-/m0/s1. The van der Waals surface area contributed by atoms with E-state index in [0.29, 0.717) is 31.2 Å². The van der Waals surface area contributed by atoms with Gasteiger partial charge in [-0.25, -0.2) is 14.6 Å². The number of aliphatic hydroxyl groups excluding tert-OH is 1. The third-order valence-electron chi connectivity index (χ3n) is 7.10. The lowest BCUT2D eigenvalue weighted by Crippen LogP contribution is -2.30. The summed E-state index contributed by atoms with van der Waals surface area (Å²) < 4.78 is 3.45. The molecule has 0 saturated carbocycles. The minimum Gasteiger partial charge on any atom is -0.392 e. The van der Waals surface area contributed by atoms with E-state index in [1.165, 1.54) is 0 Å². The lowest BCUT2D eigenvalue weighted by atomic mass is 9.87. The van der Waals surface area contributed by atoms with Crippen molar-refractivity contribution in [2.24, 2.45) is 7.05 Å². The van der Waals surface area contributed by atoms with Gasteiger partial charge in [0.2, 0.25) is 5.95 Å². The molecule has 210 valence electrons. The number of ketones is 1. The Labute approximate surface area is 234 Å². The van der Waals surface area contributed by atoms with E-state index in [4.69, 9.17) is 4.98 Å². The van der Waals surface area contributed by atoms with Gasteiger partial charge in [0.25, 0.3) is 0 Å². The maximum absolute atomic E-state index is 13.3. The first kappa shape index (κ1) is 27.6. The number of benzene rings is 1. The number of carbonyl (C=O) groups is 1. The van der Waals surface area contributed by atoms with Crippen LogP contribution in [0, 0.1) is 0 Å². The lowest BCUT2D eigenvalue weighted by Gasteiger charge is -2.22. The van der Waals surface area contributed by atoms with Gasteiger partial charge in [-0.15, -0.1) is 5.10 Å². The number of carbonyl (C=O) groups excluding carboxylic acids is 1. The molecule has 2 N–H and O–H groups in total. The molecule has 0 spiro atoms. The summed E-state index contributed by atoms with van der Waals surface area (Å²) in [6, 6.07) is 8.22. The van der Waals surface area contributed by atoms with E-state index >= 15 is 0 Å². The van der Waals surface area contributed by atoms with Crippen molar-refractivity contribution in [1.82, 2.24) is 39.6 Å². The summed E-state index contributed by atoms with van der Waals surface area (Å²) in [6.07, 6.45) is 7.78. The Balaban J connectivity index is 1.42. The minimum atomic E-state index is -0.444. The van der Waals surface area contributed by atoms with Gasteiger partial charge < -0.3 is 10.4 Å². The number of aliphatic hydroxyl groups is 1. The molecule has 0 aliphatic carbocycles. The molecule has 1 aliphatic rings. The number of hydrogen-bond donors (Lipinski definition) is 2. The first-order valence-corrected chi connectivity index (χ1v) is 13.6. The van der Waals surface area contributed by atoms with Gasteiger partial charge in [-0.05, 0) is 69.8 Å². The van der Waals surface area contributed by atoms with Crippen molar-refractivity contribution in [3.8, 4) is 11.3 Å². The molecule has 0 bridgehead atoms. The van der Waals surface area contributed by atoms with Crippen LogP contribution in [0.15, 0.2) is 49.1 Å². The SMILES string of the molecule is C[C@H](O)CN1CC[C@@H](CC(=O)c2cn(C(C)(C)C)nn2)c2ccc(-c3ccnc(Nc4cnn(C)c4)n3)cc2C1. The Morgan fingerprint density at radius 3 is 2.75 bits per heavy atom. The monoisotopic (exact) mass is 543 g/mol. The third-order valence-corrected chi connectivity index (χ3v) is 7.10. The molecular weight excluding hydrogens is 506 g/mol. The highest BCUT2D eigenvalue weighted by Crippen LogP contribution is 2.35. The second-order valence-electron chi connectivity index (χ2n) is 11.6. The number of aromatic nitrogens is 7. The molecule has 5 rings (SSSR count). The average molecular weight is 544 g/mol. The first-order valence-electron chi connectivity index (χ1n) is 13.6. The number of anilines is 2. The highest BCUT2D eigenvalue weighted by Gasteiger charge is 2.27. The number of β-amino-alcohol motifs (C(OH)–C–C–N with tert-alkyl or cyclic N) is 1. The molecule has 11 nitrogen and oxygen atoms in total. The van der Waals surface area contributed by atoms with Crippen LogP contribution in [0.25, 0.3) is 11.3 Å². The van der Waals surface area contributed by atoms with Gasteiger partial charge in [-0.3, -0.25) is 14.4 Å². The van der Waals surface area contributed by atoms with Crippen LogP contribution in [0.5, 0.6) is 0 Å². The summed E-state index contributed by atoms with van der Waals surface area (Å²) in [7, 11) is 1.86. The van der Waals surface area contributed by atoms with E-state index in [1.807, 2.05) is 40.1 Å². The molecule has 0 saturated heterocycles. The van der Waals surface area contributed by atoms with Crippen molar-refractivity contribution in [2.45, 2.75) is 64.6 Å². The maximum Gasteiger partial charge on any atom is 0.227 e. The molecule has 4 aromatic rings. The fourth-order valence-corrected chi connectivity index (χ4v) is 5.10. The van der Waals surface area contributed by atoms with Crippen LogP contribution in [0.1, 0.15) is 68.1 Å². The molecule has 2 atom stereocenters. The van der Waals surface area contributed by atoms with Crippen LogP contribution >= 0.6 is 0 Å². The van der Waals surface area contributed by atoms with Crippen molar-refractivity contribution in [3.63, 3.8) is 0 Å². The zero-order valence-electron chi connectivity index (χ0n) is 23.7. The van der Waals surface area contributed by atoms with Crippen LogP contribution < -0.4 is 5.32 Å². The molecule has 1 aromatic carbocycles. The van der Waals surface area contributed by atoms with E-state index in [9.17, 15) is 9.90 Å². The molecule has 0 amide bonds. The second kappa shape index (κ2) is 11.3. The summed E-state index contributed by atoms with van der Waals surface area (Å²) in [5.41, 5.74) is 5.00. The summed E-state index contributed by atoms with van der Waals surface area (Å²) in [5.74, 6) is 0.507. The maximum atomic E-state index is 13.3. The van der Waals surface area contributed by atoms with Crippen LogP contribution in [-0.2, 0) is 19.1 Å². The molecule has 1 aliphatic heterocycles. The van der Waals surface area contributed by atoms with Crippen molar-refractivity contribution >= 4 is 17.4 Å². The van der Waals surface area contributed by atoms with Gasteiger partial charge in [-0.1, -0.05) is 17.3 Å². The van der Waals surface area contributed by atoms with Crippen molar-refractivity contribution < 1.29 is 9.90 Å². The Kier molecular flexibility index (Phi) is 7.77. The summed E-state index contributed by atoms with van der Waals surface area (Å²) >= 11 is 0. The highest BCUT2D eigenvalue weighted by atomic mass is 16.3. The van der Waals surface area contributed by atoms with Crippen LogP contribution in [0.3, 0.4) is 0 Å². The zero-order chi connectivity index (χ0) is 28.4. The smallest absolute Gasteiger partial charge is 0.227 e. The quantitative estimate of drug-likeness (QED) is 0.318. The van der Waals surface area contributed by atoms with Gasteiger partial charge in [0.1, 0.15) is 5.69 Å². The van der Waals surface area contributed by atoms with Gasteiger partial charge in [0, 0.05) is 44.5 Å². The Morgan fingerprint density at radius 2 is 2.05 bits per heavy atom. The number of rotatable bonds is 8. The largest absolute Gasteiger partial charge is 0.392 e. The fourth-order valence-electron chi connectivity index (χ4n) is 5.10. The molecule has 0 radical (unpaired) electrons. The molecular formula is C29H37N9O2. The number of nitrogens with one attached hydrogen (secondary N) is 1. The Morgan fingerprint density at radius 1 is 1.23 bits per heavy atom. The normalized spacial score (nSPS) is 16.8. The molecule has 3 aromatic heterocycles. The minimum absolute atomic E-state index is 0.0126. The van der Waals surface area contributed by atoms with Crippen molar-refractivity contribution in [1.29, 1.82) is 0 Å². The first-order chi connectivity index (χ1) is 19.0. The van der Waals surface area contributed by atoms with Gasteiger partial charge in [0.15, 0.2) is 5.78 Å². The number of Topliss-reactive ketones (excluding diaryl/α,β-unsaturated/α-hetero) is 1. The predicted octanol–water partition coefficient (Wildman–Crippen LogP) is 3.91. The molecule has 4 heterocycles. The van der Waals surface area contributed by atoms with E-state index in [-0.39, 0.29) is 17.2 Å². The number of aryl methyl sites for hydroxylation is 1. The summed E-state index contributed by atoms with van der Waals surface area (Å²) in [5, 5.41) is 25.8. The number of nitrogens with zero attached hydrogens (tertiary/aromatic N) is 8. The molecule has 0 fully saturated rings. The fraction of sp³-hybridized carbons (Fsp3) is 0.448. The highest BCUT2D eigenvalue weighted by molar-refractivity contribution is 5.94. The summed E-state index contributed by atoms with van der Waals surface area (Å²) in [4.78, 5) is 24.7. The zero-order valence-corrected chi connectivity index (χ0v) is 23.7. The van der Waals surface area contributed by atoms with Gasteiger partial charge >= 0.3 is 0 Å². The van der Waals surface area contributed by atoms with Crippen LogP contribution in [-0.4, -0.2) is 69.7 Å². The third kappa shape index (κ3) is 6.43. The van der Waals surface area contributed by atoms with E-state index in [0.717, 1.165) is 41.0 Å². The van der Waals surface area contributed by atoms with Gasteiger partial charge in [0.05, 0.1) is 35.4 Å². The Bertz CT molecular complexity index is 1480.